The molecule has 1 aromatic heterocycles. The molecule has 1 aliphatic carbocycles. The van der Waals surface area contributed by atoms with Gasteiger partial charge < -0.3 is 15.0 Å². The fraction of sp³-hybridized carbons (Fsp3) is 0.458. The maximum atomic E-state index is 12.8. The van der Waals surface area contributed by atoms with Gasteiger partial charge in [-0.3, -0.25) is 4.79 Å². The minimum absolute atomic E-state index is 0.0364. The van der Waals surface area contributed by atoms with Crippen LogP contribution in [0, 0.1) is 5.92 Å². The van der Waals surface area contributed by atoms with Crippen LogP contribution in [0.4, 0.5) is 5.82 Å². The van der Waals surface area contributed by atoms with E-state index in [1.54, 1.807) is 12.4 Å². The van der Waals surface area contributed by atoms with Crippen molar-refractivity contribution < 1.29 is 9.53 Å². The van der Waals surface area contributed by atoms with E-state index in [-0.39, 0.29) is 11.8 Å². The highest BCUT2D eigenvalue weighted by Crippen LogP contribution is 2.31. The van der Waals surface area contributed by atoms with Crippen LogP contribution < -0.4 is 15.0 Å². The lowest BCUT2D eigenvalue weighted by Gasteiger charge is -2.33. The number of para-hydroxylation sites is 1. The monoisotopic (exact) mass is 406 g/mol. The molecule has 6 heteroatoms. The zero-order valence-corrected chi connectivity index (χ0v) is 17.4. The number of hydrogen-bond donors (Lipinski definition) is 1. The van der Waals surface area contributed by atoms with Gasteiger partial charge in [0, 0.05) is 32.0 Å². The number of hydrogen-bond acceptors (Lipinski definition) is 5. The normalized spacial score (nSPS) is 19.1. The first kappa shape index (κ1) is 20.4. The van der Waals surface area contributed by atoms with Crippen molar-refractivity contribution in [3.8, 4) is 11.6 Å². The summed E-state index contributed by atoms with van der Waals surface area (Å²) in [6.07, 6.45) is 13.4. The Morgan fingerprint density at radius 2 is 2.00 bits per heavy atom. The molecule has 1 fully saturated rings. The van der Waals surface area contributed by atoms with E-state index in [1.165, 1.54) is 31.3 Å². The quantitative estimate of drug-likeness (QED) is 0.686. The highest BCUT2D eigenvalue weighted by atomic mass is 16.5. The Hall–Kier alpha value is -2.89. The minimum atomic E-state index is -0.0364. The molecule has 1 amide bonds. The molecule has 1 aromatic carbocycles. The number of nitrogens with zero attached hydrogens (tertiary/aromatic N) is 3. The van der Waals surface area contributed by atoms with Crippen molar-refractivity contribution >= 4 is 11.7 Å². The number of nitrogens with one attached hydrogen (secondary N) is 1. The van der Waals surface area contributed by atoms with Gasteiger partial charge in [0.25, 0.3) is 5.88 Å². The maximum Gasteiger partial charge on any atom is 0.263 e. The predicted molar refractivity (Wildman–Crippen MR) is 118 cm³/mol. The third kappa shape index (κ3) is 5.38. The first-order chi connectivity index (χ1) is 14.8. The van der Waals surface area contributed by atoms with Crippen molar-refractivity contribution in [2.45, 2.75) is 44.9 Å². The number of carbonyl (C=O) groups excluding carboxylic acids is 1. The molecule has 1 atom stereocenters. The number of rotatable bonds is 7. The molecule has 1 N–H and O–H groups in total. The molecule has 0 bridgehead atoms. The number of piperidine rings is 1. The van der Waals surface area contributed by atoms with Gasteiger partial charge in [-0.15, -0.1) is 0 Å². The Morgan fingerprint density at radius 3 is 2.83 bits per heavy atom. The van der Waals surface area contributed by atoms with Gasteiger partial charge in [0.15, 0.2) is 5.82 Å². The number of amides is 1. The molecule has 0 spiro atoms. The SMILES string of the molecule is O=C(NCCC1=CCCCC1)C1CCCN(c2nccnc2Oc2ccccc2)C1. The average Bonchev–Trinajstić information content (AvgIpc) is 2.81. The zero-order chi connectivity index (χ0) is 20.6. The molecule has 4 rings (SSSR count). The van der Waals surface area contributed by atoms with Crippen molar-refractivity contribution in [3.05, 3.63) is 54.4 Å². The predicted octanol–water partition coefficient (Wildman–Crippen LogP) is 4.49. The number of anilines is 1. The second-order valence-electron chi connectivity index (χ2n) is 8.03. The molecule has 158 valence electrons. The Kier molecular flexibility index (Phi) is 6.95. The van der Waals surface area contributed by atoms with Crippen molar-refractivity contribution in [1.82, 2.24) is 15.3 Å². The number of carbonyl (C=O) groups is 1. The molecular formula is C24H30N4O2. The molecule has 30 heavy (non-hydrogen) atoms. The summed E-state index contributed by atoms with van der Waals surface area (Å²) in [7, 11) is 0. The van der Waals surface area contributed by atoms with Crippen LogP contribution >= 0.6 is 0 Å². The van der Waals surface area contributed by atoms with Crippen LogP contribution in [0.15, 0.2) is 54.4 Å². The van der Waals surface area contributed by atoms with Gasteiger partial charge in [0.05, 0.1) is 5.92 Å². The zero-order valence-electron chi connectivity index (χ0n) is 17.4. The smallest absolute Gasteiger partial charge is 0.263 e. The molecule has 1 saturated heterocycles. The summed E-state index contributed by atoms with van der Waals surface area (Å²) in [5.74, 6) is 2.01. The van der Waals surface area contributed by atoms with E-state index in [9.17, 15) is 4.79 Å². The van der Waals surface area contributed by atoms with Gasteiger partial charge in [-0.25, -0.2) is 9.97 Å². The first-order valence-electron chi connectivity index (χ1n) is 11.0. The Labute approximate surface area is 178 Å². The van der Waals surface area contributed by atoms with Gasteiger partial charge >= 0.3 is 0 Å². The largest absolute Gasteiger partial charge is 0.436 e. The molecule has 0 radical (unpaired) electrons. The summed E-state index contributed by atoms with van der Waals surface area (Å²) in [5, 5.41) is 3.15. The molecular weight excluding hydrogens is 376 g/mol. The van der Waals surface area contributed by atoms with Gasteiger partial charge in [-0.2, -0.15) is 0 Å². The molecule has 0 saturated carbocycles. The van der Waals surface area contributed by atoms with Crippen LogP contribution in [0.2, 0.25) is 0 Å². The lowest BCUT2D eigenvalue weighted by Crippen LogP contribution is -2.43. The van der Waals surface area contributed by atoms with Gasteiger partial charge in [0.2, 0.25) is 5.91 Å². The van der Waals surface area contributed by atoms with Crippen LogP contribution in [-0.2, 0) is 4.79 Å². The Balaban J connectivity index is 1.35. The maximum absolute atomic E-state index is 12.8. The number of benzene rings is 1. The first-order valence-corrected chi connectivity index (χ1v) is 11.0. The minimum Gasteiger partial charge on any atom is -0.436 e. The van der Waals surface area contributed by atoms with Crippen molar-refractivity contribution in [1.29, 1.82) is 0 Å². The van der Waals surface area contributed by atoms with Crippen LogP contribution in [0.5, 0.6) is 11.6 Å². The van der Waals surface area contributed by atoms with Crippen LogP contribution in [-0.4, -0.2) is 35.5 Å². The van der Waals surface area contributed by atoms with Crippen LogP contribution in [0.1, 0.15) is 44.9 Å². The van der Waals surface area contributed by atoms with E-state index in [0.29, 0.717) is 18.2 Å². The third-order valence-corrected chi connectivity index (χ3v) is 5.83. The second kappa shape index (κ2) is 10.2. The van der Waals surface area contributed by atoms with Gasteiger partial charge in [0.1, 0.15) is 5.75 Å². The lowest BCUT2D eigenvalue weighted by atomic mass is 9.96. The second-order valence-corrected chi connectivity index (χ2v) is 8.03. The summed E-state index contributed by atoms with van der Waals surface area (Å²) in [5.41, 5.74) is 1.49. The summed E-state index contributed by atoms with van der Waals surface area (Å²) < 4.78 is 5.97. The lowest BCUT2D eigenvalue weighted by molar-refractivity contribution is -0.125. The molecule has 1 aliphatic heterocycles. The molecule has 2 heterocycles. The van der Waals surface area contributed by atoms with Crippen molar-refractivity contribution in [2.75, 3.05) is 24.5 Å². The van der Waals surface area contributed by atoms with Gasteiger partial charge in [-0.05, 0) is 57.1 Å². The number of allylic oxidation sites excluding steroid dienone is 1. The molecule has 1 unspecified atom stereocenters. The Bertz CT molecular complexity index is 869. The van der Waals surface area contributed by atoms with Crippen molar-refractivity contribution in [3.63, 3.8) is 0 Å². The van der Waals surface area contributed by atoms with E-state index in [1.807, 2.05) is 30.3 Å². The molecule has 6 nitrogen and oxygen atoms in total. The summed E-state index contributed by atoms with van der Waals surface area (Å²) in [6.45, 7) is 2.22. The van der Waals surface area contributed by atoms with Crippen molar-refractivity contribution in [2.24, 2.45) is 5.92 Å². The topological polar surface area (TPSA) is 67.4 Å². The molecule has 2 aromatic rings. The van der Waals surface area contributed by atoms with E-state index < -0.39 is 0 Å². The van der Waals surface area contributed by atoms with Crippen LogP contribution in [0.3, 0.4) is 0 Å². The highest BCUT2D eigenvalue weighted by Gasteiger charge is 2.28. The van der Waals surface area contributed by atoms with E-state index in [2.05, 4.69) is 26.3 Å². The highest BCUT2D eigenvalue weighted by molar-refractivity contribution is 5.79. The van der Waals surface area contributed by atoms with E-state index in [0.717, 1.165) is 38.1 Å². The standard InChI is InChI=1S/C24H30N4O2/c29-23(26-14-13-19-8-3-1-4-9-19)20-10-7-17-28(18-20)22-24(27-16-15-25-22)30-21-11-5-2-6-12-21/h2,5-6,8,11-12,15-16,20H,1,3-4,7,9-10,13-14,17-18H2,(H,26,29). The fourth-order valence-electron chi connectivity index (χ4n) is 4.21. The fourth-order valence-corrected chi connectivity index (χ4v) is 4.21. The number of aromatic nitrogens is 2. The summed E-state index contributed by atoms with van der Waals surface area (Å²) >= 11 is 0. The summed E-state index contributed by atoms with van der Waals surface area (Å²) in [4.78, 5) is 23.8. The summed E-state index contributed by atoms with van der Waals surface area (Å²) in [6, 6.07) is 9.59. The average molecular weight is 407 g/mol. The van der Waals surface area contributed by atoms with Crippen LogP contribution in [0.25, 0.3) is 0 Å². The van der Waals surface area contributed by atoms with E-state index in [4.69, 9.17) is 4.74 Å². The third-order valence-electron chi connectivity index (χ3n) is 5.83. The van der Waals surface area contributed by atoms with Gasteiger partial charge in [-0.1, -0.05) is 29.8 Å². The van der Waals surface area contributed by atoms with E-state index >= 15 is 0 Å². The molecule has 2 aliphatic rings. The number of ether oxygens (including phenoxy) is 1. The Morgan fingerprint density at radius 1 is 1.13 bits per heavy atom.